The van der Waals surface area contributed by atoms with Crippen molar-refractivity contribution < 1.29 is 4.79 Å². The first-order valence-corrected chi connectivity index (χ1v) is 9.72. The molecule has 1 aromatic carbocycles. The number of hydrogen-bond donors (Lipinski definition) is 0. The standard InChI is InChI=1S/C18H22N2OS2/c1-19-16(12-13-8-10-15(23-2)11-9-13)17(21)20(18(19)22)14-6-4-3-5-7-14/h8-12,14H,3-7H2,1-2H3. The minimum absolute atomic E-state index is 0.0540. The lowest BCUT2D eigenvalue weighted by atomic mass is 9.94. The van der Waals surface area contributed by atoms with Gasteiger partial charge in [-0.25, -0.2) is 0 Å². The van der Waals surface area contributed by atoms with E-state index in [1.165, 1.54) is 24.2 Å². The Balaban J connectivity index is 1.85. The number of rotatable bonds is 3. The Kier molecular flexibility index (Phi) is 5.07. The number of benzene rings is 1. The third-order valence-corrected chi connectivity index (χ3v) is 5.87. The first-order valence-electron chi connectivity index (χ1n) is 8.09. The van der Waals surface area contributed by atoms with Gasteiger partial charge in [-0.1, -0.05) is 31.4 Å². The molecule has 0 bridgehead atoms. The molecule has 2 aliphatic rings. The van der Waals surface area contributed by atoms with E-state index < -0.39 is 0 Å². The van der Waals surface area contributed by atoms with E-state index >= 15 is 0 Å². The number of thiocarbonyl (C=S) groups is 1. The number of thioether (sulfide) groups is 1. The van der Waals surface area contributed by atoms with Crippen molar-refractivity contribution in [2.24, 2.45) is 0 Å². The first-order chi connectivity index (χ1) is 11.1. The molecule has 1 aromatic rings. The molecule has 0 unspecified atom stereocenters. The maximum Gasteiger partial charge on any atom is 0.277 e. The number of carbonyl (C=O) groups is 1. The fourth-order valence-electron chi connectivity index (χ4n) is 3.30. The van der Waals surface area contributed by atoms with E-state index in [0.29, 0.717) is 10.8 Å². The van der Waals surface area contributed by atoms with E-state index in [1.54, 1.807) is 11.8 Å². The third-order valence-electron chi connectivity index (χ3n) is 4.65. The summed E-state index contributed by atoms with van der Waals surface area (Å²) in [6, 6.07) is 8.52. The number of likely N-dealkylation sites (N-methyl/N-ethyl adjacent to an activating group) is 1. The third kappa shape index (κ3) is 3.31. The van der Waals surface area contributed by atoms with E-state index in [9.17, 15) is 4.79 Å². The number of hydrogen-bond acceptors (Lipinski definition) is 3. The number of nitrogens with zero attached hydrogens (tertiary/aromatic N) is 2. The van der Waals surface area contributed by atoms with Crippen molar-refractivity contribution in [2.75, 3.05) is 13.3 Å². The molecule has 122 valence electrons. The number of carbonyl (C=O) groups excluding carboxylic acids is 1. The molecule has 1 amide bonds. The first kappa shape index (κ1) is 16.5. The average molecular weight is 347 g/mol. The molecule has 0 radical (unpaired) electrons. The van der Waals surface area contributed by atoms with Crippen molar-refractivity contribution in [2.45, 2.75) is 43.0 Å². The van der Waals surface area contributed by atoms with Crippen LogP contribution in [0.5, 0.6) is 0 Å². The fourth-order valence-corrected chi connectivity index (χ4v) is 4.03. The largest absolute Gasteiger partial charge is 0.317 e. The van der Waals surface area contributed by atoms with Crippen molar-refractivity contribution in [3.05, 3.63) is 35.5 Å². The van der Waals surface area contributed by atoms with Crippen LogP contribution < -0.4 is 0 Å². The Morgan fingerprint density at radius 1 is 1.17 bits per heavy atom. The second kappa shape index (κ2) is 7.05. The van der Waals surface area contributed by atoms with Crippen molar-refractivity contribution >= 4 is 41.1 Å². The van der Waals surface area contributed by atoms with Crippen LogP contribution in [0.2, 0.25) is 0 Å². The molecule has 0 aromatic heterocycles. The monoisotopic (exact) mass is 346 g/mol. The molecule has 3 rings (SSSR count). The molecule has 1 aliphatic carbocycles. The maximum absolute atomic E-state index is 12.9. The molecule has 1 aliphatic heterocycles. The van der Waals surface area contributed by atoms with Gasteiger partial charge in [-0.2, -0.15) is 0 Å². The van der Waals surface area contributed by atoms with Gasteiger partial charge in [0.1, 0.15) is 5.70 Å². The van der Waals surface area contributed by atoms with E-state index in [-0.39, 0.29) is 11.9 Å². The normalized spacial score (nSPS) is 21.6. The molecule has 0 N–H and O–H groups in total. The maximum atomic E-state index is 12.9. The topological polar surface area (TPSA) is 23.6 Å². The lowest BCUT2D eigenvalue weighted by Crippen LogP contribution is -2.41. The highest BCUT2D eigenvalue weighted by Gasteiger charge is 2.40. The van der Waals surface area contributed by atoms with E-state index in [4.69, 9.17) is 12.2 Å². The predicted octanol–water partition coefficient (Wildman–Crippen LogP) is 4.14. The highest BCUT2D eigenvalue weighted by atomic mass is 32.2. The van der Waals surface area contributed by atoms with Gasteiger partial charge in [-0.3, -0.25) is 9.69 Å². The SMILES string of the molecule is CSc1ccc(C=C2C(=O)N(C3CCCCC3)C(=S)N2C)cc1. The highest BCUT2D eigenvalue weighted by molar-refractivity contribution is 7.98. The summed E-state index contributed by atoms with van der Waals surface area (Å²) in [5, 5.41) is 0.647. The van der Waals surface area contributed by atoms with Gasteiger partial charge in [0.05, 0.1) is 0 Å². The second-order valence-electron chi connectivity index (χ2n) is 6.11. The van der Waals surface area contributed by atoms with E-state index in [0.717, 1.165) is 18.4 Å². The summed E-state index contributed by atoms with van der Waals surface area (Å²) < 4.78 is 0. The average Bonchev–Trinajstić information content (AvgIpc) is 2.80. The van der Waals surface area contributed by atoms with Gasteiger partial charge < -0.3 is 4.90 Å². The molecule has 1 saturated carbocycles. The predicted molar refractivity (Wildman–Crippen MR) is 100 cm³/mol. The molecule has 1 saturated heterocycles. The summed E-state index contributed by atoms with van der Waals surface area (Å²) in [5.74, 6) is 0.0540. The summed E-state index contributed by atoms with van der Waals surface area (Å²) in [4.78, 5) is 17.8. The molecule has 23 heavy (non-hydrogen) atoms. The van der Waals surface area contributed by atoms with Crippen LogP contribution in [0, 0.1) is 0 Å². The summed E-state index contributed by atoms with van der Waals surface area (Å²) in [5.41, 5.74) is 1.71. The summed E-state index contributed by atoms with van der Waals surface area (Å²) in [6.45, 7) is 0. The smallest absolute Gasteiger partial charge is 0.277 e. The second-order valence-corrected chi connectivity index (χ2v) is 7.36. The number of amides is 1. The zero-order valence-electron chi connectivity index (χ0n) is 13.6. The Labute approximate surface area is 147 Å². The lowest BCUT2D eigenvalue weighted by Gasteiger charge is -2.30. The van der Waals surface area contributed by atoms with Crippen LogP contribution in [0.4, 0.5) is 0 Å². The van der Waals surface area contributed by atoms with Gasteiger partial charge in [0, 0.05) is 18.0 Å². The Hall–Kier alpha value is -1.33. The minimum Gasteiger partial charge on any atom is -0.317 e. The van der Waals surface area contributed by atoms with Crippen LogP contribution in [0.1, 0.15) is 37.7 Å². The van der Waals surface area contributed by atoms with Crippen molar-refractivity contribution in [1.29, 1.82) is 0 Å². The van der Waals surface area contributed by atoms with Crippen LogP contribution in [-0.4, -0.2) is 40.2 Å². The Bertz CT molecular complexity index is 633. The summed E-state index contributed by atoms with van der Waals surface area (Å²) in [7, 11) is 1.89. The minimum atomic E-state index is 0.0540. The molecular formula is C18H22N2OS2. The fraction of sp³-hybridized carbons (Fsp3) is 0.444. The summed E-state index contributed by atoms with van der Waals surface area (Å²) >= 11 is 7.25. The van der Waals surface area contributed by atoms with Gasteiger partial charge in [-0.05, 0) is 55.1 Å². The van der Waals surface area contributed by atoms with Gasteiger partial charge in [-0.15, -0.1) is 11.8 Å². The Morgan fingerprint density at radius 3 is 2.43 bits per heavy atom. The van der Waals surface area contributed by atoms with Crippen LogP contribution in [0.25, 0.3) is 6.08 Å². The van der Waals surface area contributed by atoms with Crippen LogP contribution in [0.3, 0.4) is 0 Å². The lowest BCUT2D eigenvalue weighted by molar-refractivity contribution is -0.124. The molecule has 0 atom stereocenters. The van der Waals surface area contributed by atoms with Crippen LogP contribution >= 0.6 is 24.0 Å². The molecule has 2 fully saturated rings. The van der Waals surface area contributed by atoms with Gasteiger partial charge in [0.15, 0.2) is 5.11 Å². The molecule has 3 nitrogen and oxygen atoms in total. The van der Waals surface area contributed by atoms with E-state index in [1.807, 2.05) is 35.1 Å². The van der Waals surface area contributed by atoms with Crippen molar-refractivity contribution in [1.82, 2.24) is 9.80 Å². The highest BCUT2D eigenvalue weighted by Crippen LogP contribution is 2.30. The van der Waals surface area contributed by atoms with Crippen molar-refractivity contribution in [3.8, 4) is 0 Å². The molecule has 5 heteroatoms. The zero-order valence-corrected chi connectivity index (χ0v) is 15.3. The van der Waals surface area contributed by atoms with Gasteiger partial charge >= 0.3 is 0 Å². The van der Waals surface area contributed by atoms with Gasteiger partial charge in [0.2, 0.25) is 0 Å². The molecular weight excluding hydrogens is 324 g/mol. The molecule has 1 heterocycles. The van der Waals surface area contributed by atoms with E-state index in [2.05, 4.69) is 18.4 Å². The van der Waals surface area contributed by atoms with Crippen LogP contribution in [-0.2, 0) is 4.79 Å². The zero-order chi connectivity index (χ0) is 16.4. The quantitative estimate of drug-likeness (QED) is 0.466. The van der Waals surface area contributed by atoms with Gasteiger partial charge in [0.25, 0.3) is 5.91 Å². The van der Waals surface area contributed by atoms with Crippen molar-refractivity contribution in [3.63, 3.8) is 0 Å². The van der Waals surface area contributed by atoms with Crippen LogP contribution in [0.15, 0.2) is 34.9 Å². The summed E-state index contributed by atoms with van der Waals surface area (Å²) in [6.07, 6.45) is 9.78. The molecule has 0 spiro atoms. The Morgan fingerprint density at radius 2 is 1.83 bits per heavy atom.